The highest BCUT2D eigenvalue weighted by Crippen LogP contribution is 2.44. The number of hydrogen-bond donors (Lipinski definition) is 0. The number of ether oxygens (including phenoxy) is 1. The molecule has 2 amide bonds. The first-order valence-corrected chi connectivity index (χ1v) is 5.43. The van der Waals surface area contributed by atoms with Gasteiger partial charge in [0, 0.05) is 6.54 Å². The molecule has 2 bridgehead atoms. The van der Waals surface area contributed by atoms with E-state index in [1.165, 1.54) is 4.90 Å². The maximum absolute atomic E-state index is 12.0. The molecule has 3 rings (SSSR count). The zero-order valence-electron chi connectivity index (χ0n) is 8.55. The van der Waals surface area contributed by atoms with Gasteiger partial charge < -0.3 is 4.74 Å². The Morgan fingerprint density at radius 2 is 1.73 bits per heavy atom. The van der Waals surface area contributed by atoms with Gasteiger partial charge in [-0.05, 0) is 6.42 Å². The van der Waals surface area contributed by atoms with Crippen LogP contribution in [0, 0.1) is 11.8 Å². The Balaban J connectivity index is 1.93. The maximum Gasteiger partial charge on any atom is 0.236 e. The first kappa shape index (κ1) is 9.09. The normalized spacial score (nSPS) is 41.8. The van der Waals surface area contributed by atoms with E-state index < -0.39 is 0 Å². The number of fused-ring (bicyclic) bond motifs is 5. The van der Waals surface area contributed by atoms with Crippen LogP contribution >= 0.6 is 0 Å². The molecule has 4 atom stereocenters. The SMILES string of the molecule is CCCN1C(=O)C2C3C=C[C@H](O3)C2C1=O. The Bertz CT molecular complexity index is 333. The minimum Gasteiger partial charge on any atom is -0.365 e. The van der Waals surface area contributed by atoms with Crippen LogP contribution in [-0.4, -0.2) is 35.5 Å². The van der Waals surface area contributed by atoms with Crippen molar-refractivity contribution in [3.05, 3.63) is 12.2 Å². The third-order valence-electron chi connectivity index (χ3n) is 3.45. The van der Waals surface area contributed by atoms with Crippen molar-refractivity contribution in [1.82, 2.24) is 4.90 Å². The number of imide groups is 1. The molecule has 15 heavy (non-hydrogen) atoms. The molecule has 2 saturated heterocycles. The minimum atomic E-state index is -0.237. The fourth-order valence-corrected chi connectivity index (χ4v) is 2.81. The van der Waals surface area contributed by atoms with Crippen LogP contribution < -0.4 is 0 Å². The van der Waals surface area contributed by atoms with Gasteiger partial charge in [-0.3, -0.25) is 14.5 Å². The van der Waals surface area contributed by atoms with Crippen molar-refractivity contribution in [2.24, 2.45) is 11.8 Å². The fourth-order valence-electron chi connectivity index (χ4n) is 2.81. The van der Waals surface area contributed by atoms with E-state index in [4.69, 9.17) is 4.74 Å². The number of amides is 2. The molecule has 2 fully saturated rings. The molecular formula is C11H13NO3. The number of hydrogen-bond acceptors (Lipinski definition) is 3. The van der Waals surface area contributed by atoms with Gasteiger partial charge in [-0.2, -0.15) is 0 Å². The first-order chi connectivity index (χ1) is 7.24. The van der Waals surface area contributed by atoms with Gasteiger partial charge in [-0.15, -0.1) is 0 Å². The molecule has 0 aromatic heterocycles. The lowest BCUT2D eigenvalue weighted by Crippen LogP contribution is -2.34. The second kappa shape index (κ2) is 2.92. The summed E-state index contributed by atoms with van der Waals surface area (Å²) in [4.78, 5) is 25.3. The Labute approximate surface area is 87.9 Å². The fraction of sp³-hybridized carbons (Fsp3) is 0.636. The standard InChI is InChI=1S/C11H13NO3/c1-2-5-12-10(13)8-6-3-4-7(15-6)9(8)11(12)14/h3-4,6-9H,2,5H2,1H3/t6-,7?,8?,9?/m0/s1. The predicted molar refractivity (Wildman–Crippen MR) is 51.8 cm³/mol. The van der Waals surface area contributed by atoms with Gasteiger partial charge in [0.05, 0.1) is 24.0 Å². The van der Waals surface area contributed by atoms with E-state index >= 15 is 0 Å². The van der Waals surface area contributed by atoms with Gasteiger partial charge in [0.2, 0.25) is 11.8 Å². The Morgan fingerprint density at radius 3 is 2.20 bits per heavy atom. The number of likely N-dealkylation sites (tertiary alicyclic amines) is 1. The van der Waals surface area contributed by atoms with Gasteiger partial charge in [0.1, 0.15) is 0 Å². The molecule has 0 aliphatic carbocycles. The largest absolute Gasteiger partial charge is 0.365 e. The zero-order valence-corrected chi connectivity index (χ0v) is 8.55. The van der Waals surface area contributed by atoms with Crippen LogP contribution in [-0.2, 0) is 14.3 Å². The topological polar surface area (TPSA) is 46.6 Å². The monoisotopic (exact) mass is 207 g/mol. The first-order valence-electron chi connectivity index (χ1n) is 5.43. The van der Waals surface area contributed by atoms with Crippen molar-refractivity contribution in [2.45, 2.75) is 25.6 Å². The van der Waals surface area contributed by atoms with Crippen molar-refractivity contribution < 1.29 is 14.3 Å². The summed E-state index contributed by atoms with van der Waals surface area (Å²) in [7, 11) is 0. The Morgan fingerprint density at radius 1 is 1.20 bits per heavy atom. The van der Waals surface area contributed by atoms with Gasteiger partial charge in [-0.1, -0.05) is 19.1 Å². The van der Waals surface area contributed by atoms with Crippen LogP contribution in [0.3, 0.4) is 0 Å². The Kier molecular flexibility index (Phi) is 1.77. The number of rotatable bonds is 2. The minimum absolute atomic E-state index is 0.0382. The summed E-state index contributed by atoms with van der Waals surface area (Å²) in [5, 5.41) is 0. The molecule has 3 aliphatic rings. The number of carbonyl (C=O) groups is 2. The van der Waals surface area contributed by atoms with Crippen molar-refractivity contribution in [3.8, 4) is 0 Å². The van der Waals surface area contributed by atoms with Crippen molar-refractivity contribution in [2.75, 3.05) is 6.54 Å². The highest BCUT2D eigenvalue weighted by atomic mass is 16.5. The summed E-state index contributed by atoms with van der Waals surface area (Å²) in [6, 6.07) is 0. The van der Waals surface area contributed by atoms with Crippen LogP contribution in [0.1, 0.15) is 13.3 Å². The van der Waals surface area contributed by atoms with Gasteiger partial charge >= 0.3 is 0 Å². The van der Waals surface area contributed by atoms with Crippen LogP contribution in [0.15, 0.2) is 12.2 Å². The third kappa shape index (κ3) is 1.00. The number of nitrogens with zero attached hydrogens (tertiary/aromatic N) is 1. The second-order valence-electron chi connectivity index (χ2n) is 4.33. The lowest BCUT2D eigenvalue weighted by atomic mass is 9.85. The van der Waals surface area contributed by atoms with E-state index in [1.807, 2.05) is 19.1 Å². The van der Waals surface area contributed by atoms with E-state index in [0.29, 0.717) is 6.54 Å². The molecular weight excluding hydrogens is 194 g/mol. The lowest BCUT2D eigenvalue weighted by Gasteiger charge is -2.16. The summed E-state index contributed by atoms with van der Waals surface area (Å²) >= 11 is 0. The van der Waals surface area contributed by atoms with Crippen LogP contribution in [0.25, 0.3) is 0 Å². The quantitative estimate of drug-likeness (QED) is 0.484. The molecule has 3 aliphatic heterocycles. The zero-order chi connectivity index (χ0) is 10.6. The van der Waals surface area contributed by atoms with Crippen molar-refractivity contribution in [1.29, 1.82) is 0 Å². The van der Waals surface area contributed by atoms with E-state index in [2.05, 4.69) is 0 Å². The molecule has 0 N–H and O–H groups in total. The molecule has 0 saturated carbocycles. The average molecular weight is 207 g/mol. The average Bonchev–Trinajstić information content (AvgIpc) is 2.87. The summed E-state index contributed by atoms with van der Waals surface area (Å²) in [5.74, 6) is -0.550. The molecule has 0 radical (unpaired) electrons. The van der Waals surface area contributed by atoms with E-state index in [1.54, 1.807) is 0 Å². The molecule has 0 aromatic rings. The smallest absolute Gasteiger partial charge is 0.236 e. The molecule has 3 heterocycles. The maximum atomic E-state index is 12.0. The van der Waals surface area contributed by atoms with Crippen LogP contribution in [0.5, 0.6) is 0 Å². The molecule has 80 valence electrons. The van der Waals surface area contributed by atoms with Crippen molar-refractivity contribution >= 4 is 11.8 Å². The molecule has 3 unspecified atom stereocenters. The van der Waals surface area contributed by atoms with E-state index in [9.17, 15) is 9.59 Å². The summed E-state index contributed by atoms with van der Waals surface area (Å²) in [6.07, 6.45) is 4.33. The van der Waals surface area contributed by atoms with Gasteiger partial charge in [-0.25, -0.2) is 0 Å². The second-order valence-corrected chi connectivity index (χ2v) is 4.33. The molecule has 0 spiro atoms. The molecule has 4 heteroatoms. The molecule has 0 aromatic carbocycles. The predicted octanol–water partition coefficient (Wildman–Crippen LogP) is 0.335. The highest BCUT2D eigenvalue weighted by Gasteiger charge is 2.60. The van der Waals surface area contributed by atoms with Gasteiger partial charge in [0.25, 0.3) is 0 Å². The van der Waals surface area contributed by atoms with Crippen LogP contribution in [0.4, 0.5) is 0 Å². The van der Waals surface area contributed by atoms with E-state index in [-0.39, 0.29) is 35.9 Å². The summed E-state index contributed by atoms with van der Waals surface area (Å²) < 4.78 is 5.53. The molecule has 4 nitrogen and oxygen atoms in total. The van der Waals surface area contributed by atoms with Crippen LogP contribution in [0.2, 0.25) is 0 Å². The number of carbonyl (C=O) groups excluding carboxylic acids is 2. The van der Waals surface area contributed by atoms with Crippen molar-refractivity contribution in [3.63, 3.8) is 0 Å². The lowest BCUT2D eigenvalue weighted by molar-refractivity contribution is -0.142. The summed E-state index contributed by atoms with van der Waals surface area (Å²) in [6.45, 7) is 2.52. The third-order valence-corrected chi connectivity index (χ3v) is 3.45. The highest BCUT2D eigenvalue weighted by molar-refractivity contribution is 6.06. The Hall–Kier alpha value is -1.16. The summed E-state index contributed by atoms with van der Waals surface area (Å²) in [5.41, 5.74) is 0. The van der Waals surface area contributed by atoms with Gasteiger partial charge in [0.15, 0.2) is 0 Å². The van der Waals surface area contributed by atoms with E-state index in [0.717, 1.165) is 6.42 Å².